The largest absolute Gasteiger partial charge is 0.391 e. The van der Waals surface area contributed by atoms with Gasteiger partial charge in [0.05, 0.1) is 12.1 Å². The summed E-state index contributed by atoms with van der Waals surface area (Å²) in [6.45, 7) is 0. The molecule has 0 aromatic heterocycles. The van der Waals surface area contributed by atoms with Crippen molar-refractivity contribution >= 4 is 0 Å². The van der Waals surface area contributed by atoms with Crippen LogP contribution in [0, 0.1) is 0 Å². The Morgan fingerprint density at radius 2 is 2.08 bits per heavy atom. The van der Waals surface area contributed by atoms with Gasteiger partial charge in [0.2, 0.25) is 0 Å². The lowest BCUT2D eigenvalue weighted by molar-refractivity contribution is 0.128. The van der Waals surface area contributed by atoms with Gasteiger partial charge in [0.25, 0.3) is 0 Å². The fraction of sp³-hybridized carbons (Fsp3) is 0.400. The normalized spacial score (nSPS) is 28.2. The van der Waals surface area contributed by atoms with E-state index in [4.69, 9.17) is 5.73 Å². The van der Waals surface area contributed by atoms with E-state index in [0.29, 0.717) is 0 Å². The van der Waals surface area contributed by atoms with Crippen LogP contribution >= 0.6 is 0 Å². The van der Waals surface area contributed by atoms with Crippen molar-refractivity contribution in [3.8, 4) is 0 Å². The highest BCUT2D eigenvalue weighted by Crippen LogP contribution is 2.27. The zero-order valence-electron chi connectivity index (χ0n) is 6.90. The molecule has 0 radical (unpaired) electrons. The fourth-order valence-electron chi connectivity index (χ4n) is 1.78. The van der Waals surface area contributed by atoms with Gasteiger partial charge < -0.3 is 10.8 Å². The molecule has 0 saturated heterocycles. The number of aliphatic hydroxyl groups excluding tert-OH is 1. The predicted octanol–water partition coefficient (Wildman–Crippen LogP) is 0.994. The van der Waals surface area contributed by atoms with Gasteiger partial charge in [-0.05, 0) is 24.0 Å². The Hall–Kier alpha value is -0.860. The third kappa shape index (κ3) is 1.13. The quantitative estimate of drug-likeness (QED) is 0.599. The van der Waals surface area contributed by atoms with Crippen molar-refractivity contribution in [2.45, 2.75) is 25.0 Å². The molecule has 0 saturated carbocycles. The van der Waals surface area contributed by atoms with Crippen LogP contribution in [0.1, 0.15) is 23.6 Å². The van der Waals surface area contributed by atoms with Crippen molar-refractivity contribution in [3.63, 3.8) is 0 Å². The van der Waals surface area contributed by atoms with Crippen molar-refractivity contribution in [2.75, 3.05) is 0 Å². The third-order valence-electron chi connectivity index (χ3n) is 2.54. The predicted molar refractivity (Wildman–Crippen MR) is 47.7 cm³/mol. The second-order valence-corrected chi connectivity index (χ2v) is 3.33. The van der Waals surface area contributed by atoms with Crippen LogP contribution in [0.4, 0.5) is 0 Å². The van der Waals surface area contributed by atoms with Gasteiger partial charge >= 0.3 is 0 Å². The van der Waals surface area contributed by atoms with Gasteiger partial charge in [-0.2, -0.15) is 0 Å². The maximum Gasteiger partial charge on any atom is 0.0736 e. The Morgan fingerprint density at radius 3 is 2.92 bits per heavy atom. The summed E-state index contributed by atoms with van der Waals surface area (Å²) in [6.07, 6.45) is 1.38. The van der Waals surface area contributed by atoms with E-state index in [2.05, 4.69) is 6.07 Å². The lowest BCUT2D eigenvalue weighted by atomic mass is 9.86. The highest BCUT2D eigenvalue weighted by molar-refractivity contribution is 5.32. The van der Waals surface area contributed by atoms with Crippen LogP contribution in [-0.4, -0.2) is 11.2 Å². The molecule has 2 heteroatoms. The molecule has 1 unspecified atom stereocenters. The molecule has 1 aliphatic rings. The van der Waals surface area contributed by atoms with Gasteiger partial charge in [0, 0.05) is 0 Å². The summed E-state index contributed by atoms with van der Waals surface area (Å²) < 4.78 is 0. The first kappa shape index (κ1) is 7.77. The van der Waals surface area contributed by atoms with Gasteiger partial charge in [-0.1, -0.05) is 24.3 Å². The number of nitrogens with two attached hydrogens (primary N) is 1. The van der Waals surface area contributed by atoms with Crippen LogP contribution in [0.25, 0.3) is 0 Å². The second kappa shape index (κ2) is 2.88. The molecule has 1 aromatic carbocycles. The Labute approximate surface area is 72.0 Å². The van der Waals surface area contributed by atoms with Gasteiger partial charge in [0.15, 0.2) is 0 Å². The Balaban J connectivity index is 2.42. The summed E-state index contributed by atoms with van der Waals surface area (Å²) in [5.74, 6) is 0. The molecule has 0 fully saturated rings. The molecule has 2 rings (SSSR count). The van der Waals surface area contributed by atoms with Crippen molar-refractivity contribution in [3.05, 3.63) is 35.4 Å². The highest BCUT2D eigenvalue weighted by atomic mass is 16.3. The number of hydrogen-bond acceptors (Lipinski definition) is 2. The Kier molecular flexibility index (Phi) is 1.87. The van der Waals surface area contributed by atoms with Crippen LogP contribution in [-0.2, 0) is 6.42 Å². The van der Waals surface area contributed by atoms with Crippen molar-refractivity contribution in [1.29, 1.82) is 0 Å². The zero-order valence-corrected chi connectivity index (χ0v) is 6.90. The van der Waals surface area contributed by atoms with E-state index in [1.54, 1.807) is 0 Å². The maximum absolute atomic E-state index is 9.50. The molecule has 0 amide bonds. The number of hydrogen-bond donors (Lipinski definition) is 2. The summed E-state index contributed by atoms with van der Waals surface area (Å²) in [5.41, 5.74) is 8.23. The first-order chi connectivity index (χ1) is 5.79. The van der Waals surface area contributed by atoms with E-state index >= 15 is 0 Å². The maximum atomic E-state index is 9.50. The molecule has 0 heterocycles. The minimum absolute atomic E-state index is 0.185. The zero-order chi connectivity index (χ0) is 8.55. The monoisotopic (exact) mass is 163 g/mol. The van der Waals surface area contributed by atoms with Crippen LogP contribution in [0.15, 0.2) is 24.3 Å². The molecule has 0 bridgehead atoms. The summed E-state index contributed by atoms with van der Waals surface area (Å²) in [7, 11) is 0. The van der Waals surface area contributed by atoms with E-state index in [9.17, 15) is 5.11 Å². The van der Waals surface area contributed by atoms with Crippen LogP contribution < -0.4 is 5.73 Å². The first-order valence-corrected chi connectivity index (χ1v) is 4.30. The molecular formula is C10H13NO. The topological polar surface area (TPSA) is 46.2 Å². The van der Waals surface area contributed by atoms with E-state index in [1.165, 1.54) is 5.56 Å². The van der Waals surface area contributed by atoms with Crippen molar-refractivity contribution < 1.29 is 5.11 Å². The molecule has 0 aliphatic heterocycles. The molecule has 1 aliphatic carbocycles. The summed E-state index contributed by atoms with van der Waals surface area (Å²) in [4.78, 5) is 0. The van der Waals surface area contributed by atoms with Crippen LogP contribution in [0.2, 0.25) is 0 Å². The average molecular weight is 163 g/mol. The number of rotatable bonds is 0. The third-order valence-corrected chi connectivity index (χ3v) is 2.54. The average Bonchev–Trinajstić information content (AvgIpc) is 2.12. The standard InChI is InChI=1S/C10H13NO/c11-10-8-4-2-1-3-7(8)5-6-9(10)12/h1-4,9-10,12H,5-6,11H2/t9?,10-/m0/s1. The van der Waals surface area contributed by atoms with Gasteiger partial charge in [-0.3, -0.25) is 0 Å². The van der Waals surface area contributed by atoms with Gasteiger partial charge in [0.1, 0.15) is 0 Å². The Morgan fingerprint density at radius 1 is 1.33 bits per heavy atom. The SMILES string of the molecule is N[C@H]1c2ccccc2CCC1O. The summed E-state index contributed by atoms with van der Waals surface area (Å²) >= 11 is 0. The van der Waals surface area contributed by atoms with Crippen LogP contribution in [0.5, 0.6) is 0 Å². The van der Waals surface area contributed by atoms with Crippen molar-refractivity contribution in [1.82, 2.24) is 0 Å². The first-order valence-electron chi connectivity index (χ1n) is 4.30. The van der Waals surface area contributed by atoms with Gasteiger partial charge in [-0.15, -0.1) is 0 Å². The number of benzene rings is 1. The number of aliphatic hydroxyl groups is 1. The summed E-state index contributed by atoms with van der Waals surface area (Å²) in [6, 6.07) is 7.89. The molecule has 1 aromatic rings. The fourth-order valence-corrected chi connectivity index (χ4v) is 1.78. The van der Waals surface area contributed by atoms with Crippen molar-refractivity contribution in [2.24, 2.45) is 5.73 Å². The summed E-state index contributed by atoms with van der Waals surface area (Å²) in [5, 5.41) is 9.50. The number of aryl methyl sites for hydroxylation is 1. The minimum atomic E-state index is -0.361. The Bertz CT molecular complexity index is 285. The molecule has 0 spiro atoms. The van der Waals surface area contributed by atoms with Gasteiger partial charge in [-0.25, -0.2) is 0 Å². The van der Waals surface area contributed by atoms with E-state index in [1.807, 2.05) is 18.2 Å². The van der Waals surface area contributed by atoms with E-state index in [0.717, 1.165) is 18.4 Å². The molecule has 2 nitrogen and oxygen atoms in total. The molecule has 12 heavy (non-hydrogen) atoms. The van der Waals surface area contributed by atoms with E-state index in [-0.39, 0.29) is 12.1 Å². The number of fused-ring (bicyclic) bond motifs is 1. The smallest absolute Gasteiger partial charge is 0.0736 e. The lowest BCUT2D eigenvalue weighted by Gasteiger charge is -2.26. The second-order valence-electron chi connectivity index (χ2n) is 3.33. The molecule has 64 valence electrons. The molecular weight excluding hydrogens is 150 g/mol. The van der Waals surface area contributed by atoms with Crippen LogP contribution in [0.3, 0.4) is 0 Å². The lowest BCUT2D eigenvalue weighted by Crippen LogP contribution is -2.31. The molecule has 2 atom stereocenters. The molecule has 3 N–H and O–H groups in total. The highest BCUT2D eigenvalue weighted by Gasteiger charge is 2.23. The minimum Gasteiger partial charge on any atom is -0.391 e. The van der Waals surface area contributed by atoms with E-state index < -0.39 is 0 Å².